The number of nitrogens with zero attached hydrogens (tertiary/aromatic N) is 4. The van der Waals surface area contributed by atoms with Crippen LogP contribution in [0.25, 0.3) is 64.6 Å². The van der Waals surface area contributed by atoms with E-state index in [9.17, 15) is 0 Å². The third kappa shape index (κ3) is 12.6. The molecule has 0 radical (unpaired) electrons. The number of hydrogen-bond donors (Lipinski definition) is 0. The summed E-state index contributed by atoms with van der Waals surface area (Å²) in [5.74, 6) is 0. The van der Waals surface area contributed by atoms with Crippen LogP contribution in [0, 0.1) is 96.9 Å². The number of anilines is 12. The number of aryl methyl sites for hydroxylation is 14. The zero-order chi connectivity index (χ0) is 74.7. The zero-order valence-corrected chi connectivity index (χ0v) is 65.9. The van der Waals surface area contributed by atoms with Gasteiger partial charge in [-0.2, -0.15) is 0 Å². The van der Waals surface area contributed by atoms with Crippen molar-refractivity contribution in [2.24, 2.45) is 0 Å². The summed E-state index contributed by atoms with van der Waals surface area (Å²) in [4.78, 5) is 10.0. The minimum absolute atomic E-state index is 0.0158. The van der Waals surface area contributed by atoms with Crippen molar-refractivity contribution >= 4 is 133 Å². The van der Waals surface area contributed by atoms with Crippen molar-refractivity contribution in [3.05, 3.63) is 332 Å². The largest absolute Gasteiger partial charge is 0.309 e. The lowest BCUT2D eigenvalue weighted by atomic mass is 9.85. The molecular formula is C102H100N4. The van der Waals surface area contributed by atoms with Crippen LogP contribution in [-0.2, 0) is 10.8 Å². The quantitative estimate of drug-likeness (QED) is 0.113. The third-order valence-electron chi connectivity index (χ3n) is 22.4. The van der Waals surface area contributed by atoms with Crippen molar-refractivity contribution < 1.29 is 0 Å². The Morgan fingerprint density at radius 1 is 0.170 bits per heavy atom. The Labute approximate surface area is 629 Å². The maximum Gasteiger partial charge on any atom is 0.0540 e. The number of hydrogen-bond acceptors (Lipinski definition) is 4. The van der Waals surface area contributed by atoms with Gasteiger partial charge >= 0.3 is 0 Å². The minimum Gasteiger partial charge on any atom is -0.309 e. The molecule has 0 bridgehead atoms. The van der Waals surface area contributed by atoms with Crippen LogP contribution in [0.1, 0.15) is 131 Å². The fourth-order valence-electron chi connectivity index (χ4n) is 16.8. The first-order valence-corrected chi connectivity index (χ1v) is 37.9. The van der Waals surface area contributed by atoms with Crippen LogP contribution < -0.4 is 19.6 Å². The first-order valence-electron chi connectivity index (χ1n) is 37.9. The first kappa shape index (κ1) is 70.5. The monoisotopic (exact) mass is 1380 g/mol. The van der Waals surface area contributed by atoms with Gasteiger partial charge in [-0.1, -0.05) is 245 Å². The van der Waals surface area contributed by atoms with E-state index in [1.165, 1.54) is 222 Å². The molecule has 16 aromatic rings. The second-order valence-corrected chi connectivity index (χ2v) is 32.8. The summed E-state index contributed by atoms with van der Waals surface area (Å²) in [6.45, 7) is 44.8. The maximum absolute atomic E-state index is 2.52. The van der Waals surface area contributed by atoms with Gasteiger partial charge in [0.1, 0.15) is 0 Å². The van der Waals surface area contributed by atoms with Crippen molar-refractivity contribution in [2.45, 2.75) is 149 Å². The van der Waals surface area contributed by atoms with Gasteiger partial charge in [-0.05, 0) is 279 Å². The standard InChI is InChI=1S/C54H56N2.C48H44N2/c1-33-13-25-45(37(5)29-33)55(49-31-41(53(7,8)9)21-15-35(49)3)47-27-19-39-18-24-44-48(28-20-40-17-23-43(47)51(39)52(40)44)56(46-26-14-34(2)30-38(46)6)50-32-42(54(10,11)12)22-16-36(50)4;1-29-9-19-41(33(5)25-29)49(42-20-10-30(2)26-34(42)6)45-23-15-37-14-18-40-46(24-16-38-13-17-39(45)47(37)48(38)40)50(43-21-11-31(3)27-35(43)7)44-22-12-32(4)28-36(44)8/h13-32H,1-12H3;9-28H,1-8H3. The molecule has 0 amide bonds. The molecule has 0 saturated heterocycles. The fourth-order valence-corrected chi connectivity index (χ4v) is 16.8. The van der Waals surface area contributed by atoms with Gasteiger partial charge in [0.15, 0.2) is 0 Å². The molecule has 0 spiro atoms. The summed E-state index contributed by atoms with van der Waals surface area (Å²) in [6.07, 6.45) is 0. The van der Waals surface area contributed by atoms with Crippen LogP contribution in [0.5, 0.6) is 0 Å². The van der Waals surface area contributed by atoms with E-state index in [-0.39, 0.29) is 10.8 Å². The maximum atomic E-state index is 2.52. The molecule has 0 aliphatic rings. The molecule has 4 nitrogen and oxygen atoms in total. The highest BCUT2D eigenvalue weighted by Gasteiger charge is 2.29. The van der Waals surface area contributed by atoms with Gasteiger partial charge in [-0.15, -0.1) is 0 Å². The van der Waals surface area contributed by atoms with Gasteiger partial charge in [-0.25, -0.2) is 0 Å². The van der Waals surface area contributed by atoms with Crippen molar-refractivity contribution in [2.75, 3.05) is 19.6 Å². The molecule has 528 valence electrons. The molecule has 106 heavy (non-hydrogen) atoms. The second-order valence-electron chi connectivity index (χ2n) is 32.8. The van der Waals surface area contributed by atoms with Crippen LogP contribution in [0.3, 0.4) is 0 Å². The predicted molar refractivity (Wildman–Crippen MR) is 463 cm³/mol. The van der Waals surface area contributed by atoms with Crippen molar-refractivity contribution in [1.82, 2.24) is 0 Å². The average Bonchev–Trinajstić information content (AvgIpc) is 0.722. The Hall–Kier alpha value is -11.2. The lowest BCUT2D eigenvalue weighted by Gasteiger charge is -2.33. The third-order valence-corrected chi connectivity index (χ3v) is 22.4. The van der Waals surface area contributed by atoms with Crippen LogP contribution in [-0.4, -0.2) is 0 Å². The molecule has 4 heteroatoms. The molecule has 16 aromatic carbocycles. The molecule has 0 atom stereocenters. The Bertz CT molecular complexity index is 5650. The van der Waals surface area contributed by atoms with E-state index in [1.54, 1.807) is 0 Å². The number of rotatable bonds is 12. The van der Waals surface area contributed by atoms with Crippen LogP contribution >= 0.6 is 0 Å². The minimum atomic E-state index is 0.0158. The van der Waals surface area contributed by atoms with E-state index in [1.807, 2.05) is 0 Å². The zero-order valence-electron chi connectivity index (χ0n) is 65.9. The lowest BCUT2D eigenvalue weighted by Crippen LogP contribution is -2.17. The molecule has 0 unspecified atom stereocenters. The fraction of sp³-hybridized carbons (Fsp3) is 0.216. The topological polar surface area (TPSA) is 13.0 Å². The SMILES string of the molecule is Cc1ccc(N(c2cc(C(C)(C)C)ccc2C)c2ccc3ccc4c(N(c5ccc(C)cc5C)c5cc(C(C)(C)C)ccc5C)ccc5ccc2c3c54)c(C)c1.Cc1ccc(N(c2ccc(C)cc2C)c2ccc3ccc4c(N(c5ccc(C)cc5C)c5ccc(C)cc5C)ccc5ccc2c3c54)c(C)c1. The van der Waals surface area contributed by atoms with Crippen LogP contribution in [0.2, 0.25) is 0 Å². The van der Waals surface area contributed by atoms with E-state index in [0.717, 1.165) is 0 Å². The molecule has 16 rings (SSSR count). The Morgan fingerprint density at radius 3 is 0.557 bits per heavy atom. The van der Waals surface area contributed by atoms with E-state index in [0.29, 0.717) is 0 Å². The summed E-state index contributed by atoms with van der Waals surface area (Å²) in [7, 11) is 0. The van der Waals surface area contributed by atoms with Gasteiger partial charge in [0.05, 0.1) is 22.7 Å². The van der Waals surface area contributed by atoms with Gasteiger partial charge in [-0.3, -0.25) is 0 Å². The molecular weight excluding hydrogens is 1280 g/mol. The lowest BCUT2D eigenvalue weighted by molar-refractivity contribution is 0.590. The van der Waals surface area contributed by atoms with E-state index < -0.39 is 0 Å². The summed E-state index contributed by atoms with van der Waals surface area (Å²) < 4.78 is 0. The highest BCUT2D eigenvalue weighted by atomic mass is 15.2. The van der Waals surface area contributed by atoms with E-state index in [4.69, 9.17) is 0 Å². The molecule has 0 aromatic heterocycles. The van der Waals surface area contributed by atoms with Crippen molar-refractivity contribution in [3.63, 3.8) is 0 Å². The van der Waals surface area contributed by atoms with Crippen LogP contribution in [0.15, 0.2) is 243 Å². The Kier molecular flexibility index (Phi) is 18.0. The highest BCUT2D eigenvalue weighted by Crippen LogP contribution is 2.53. The van der Waals surface area contributed by atoms with Crippen molar-refractivity contribution in [3.8, 4) is 0 Å². The summed E-state index contributed by atoms with van der Waals surface area (Å²) >= 11 is 0. The second kappa shape index (κ2) is 27.1. The summed E-state index contributed by atoms with van der Waals surface area (Å²) in [6, 6.07) is 92.3. The van der Waals surface area contributed by atoms with Crippen molar-refractivity contribution in [1.29, 1.82) is 0 Å². The first-order chi connectivity index (χ1) is 50.6. The molecule has 0 fully saturated rings. The average molecular weight is 1380 g/mol. The van der Waals surface area contributed by atoms with E-state index >= 15 is 0 Å². The molecule has 0 N–H and O–H groups in total. The molecule has 0 aliphatic carbocycles. The summed E-state index contributed by atoms with van der Waals surface area (Å²) in [5.41, 5.74) is 34.8. The Balaban J connectivity index is 0.000000171. The van der Waals surface area contributed by atoms with Gasteiger partial charge in [0.25, 0.3) is 0 Å². The number of benzene rings is 16. The Morgan fingerprint density at radius 2 is 0.358 bits per heavy atom. The smallest absolute Gasteiger partial charge is 0.0540 e. The van der Waals surface area contributed by atoms with Gasteiger partial charge in [0.2, 0.25) is 0 Å². The summed E-state index contributed by atoms with van der Waals surface area (Å²) in [5, 5.41) is 15.2. The predicted octanol–water partition coefficient (Wildman–Crippen LogP) is 30.0. The molecule has 0 heterocycles. The normalized spacial score (nSPS) is 12.0. The van der Waals surface area contributed by atoms with E-state index in [2.05, 4.69) is 401 Å². The van der Waals surface area contributed by atoms with Gasteiger partial charge < -0.3 is 19.6 Å². The molecule has 0 aliphatic heterocycles. The molecule has 0 saturated carbocycles. The van der Waals surface area contributed by atoms with Crippen LogP contribution in [0.4, 0.5) is 68.2 Å². The van der Waals surface area contributed by atoms with Gasteiger partial charge in [0, 0.05) is 67.0 Å². The highest BCUT2D eigenvalue weighted by molar-refractivity contribution is 6.30.